The first-order valence-corrected chi connectivity index (χ1v) is 4.93. The molecule has 1 aliphatic rings. The highest BCUT2D eigenvalue weighted by Gasteiger charge is 2.43. The van der Waals surface area contributed by atoms with Gasteiger partial charge in [-0.2, -0.15) is 0 Å². The Balaban J connectivity index is 2.65. The molecule has 1 rings (SSSR count). The Kier molecular flexibility index (Phi) is 3.71. The summed E-state index contributed by atoms with van der Waals surface area (Å²) < 4.78 is 5.20. The minimum Gasteiger partial charge on any atom is -0.396 e. The zero-order chi connectivity index (χ0) is 10.0. The Morgan fingerprint density at radius 1 is 1.46 bits per heavy atom. The zero-order valence-electron chi connectivity index (χ0n) is 8.60. The van der Waals surface area contributed by atoms with Crippen molar-refractivity contribution < 1.29 is 14.9 Å². The number of ether oxygens (including phenoxy) is 1. The van der Waals surface area contributed by atoms with Crippen molar-refractivity contribution >= 4 is 0 Å². The van der Waals surface area contributed by atoms with E-state index in [4.69, 9.17) is 9.84 Å². The zero-order valence-corrected chi connectivity index (χ0v) is 8.60. The summed E-state index contributed by atoms with van der Waals surface area (Å²) in [7, 11) is 1.60. The van der Waals surface area contributed by atoms with Crippen molar-refractivity contribution in [2.45, 2.75) is 32.5 Å². The second kappa shape index (κ2) is 4.40. The highest BCUT2D eigenvalue weighted by Crippen LogP contribution is 2.37. The maximum absolute atomic E-state index is 9.88. The molecule has 0 aliphatic heterocycles. The molecule has 1 fully saturated rings. The largest absolute Gasteiger partial charge is 0.396 e. The van der Waals surface area contributed by atoms with Crippen LogP contribution < -0.4 is 0 Å². The molecule has 13 heavy (non-hydrogen) atoms. The summed E-state index contributed by atoms with van der Waals surface area (Å²) in [6.07, 6.45) is 0.271. The van der Waals surface area contributed by atoms with E-state index in [1.807, 2.05) is 0 Å². The third kappa shape index (κ3) is 2.03. The molecule has 78 valence electrons. The average Bonchev–Trinajstić information content (AvgIpc) is 2.41. The predicted molar refractivity (Wildman–Crippen MR) is 50.3 cm³/mol. The van der Waals surface area contributed by atoms with Gasteiger partial charge in [0.05, 0.1) is 12.2 Å². The molecule has 3 nitrogen and oxygen atoms in total. The average molecular weight is 188 g/mol. The van der Waals surface area contributed by atoms with Crippen molar-refractivity contribution in [1.82, 2.24) is 0 Å². The summed E-state index contributed by atoms with van der Waals surface area (Å²) in [6, 6.07) is 0. The van der Waals surface area contributed by atoms with Gasteiger partial charge in [0, 0.05) is 19.6 Å². The van der Waals surface area contributed by atoms with Gasteiger partial charge in [0.2, 0.25) is 0 Å². The molecular formula is C10H20O3. The van der Waals surface area contributed by atoms with E-state index in [0.29, 0.717) is 5.92 Å². The third-order valence-electron chi connectivity index (χ3n) is 3.18. The van der Waals surface area contributed by atoms with Gasteiger partial charge in [-0.15, -0.1) is 0 Å². The van der Waals surface area contributed by atoms with Crippen LogP contribution in [0.1, 0.15) is 20.3 Å². The summed E-state index contributed by atoms with van der Waals surface area (Å²) in [5.74, 6) is 0.818. The molecule has 0 radical (unpaired) electrons. The lowest BCUT2D eigenvalue weighted by Crippen LogP contribution is -2.32. The van der Waals surface area contributed by atoms with Crippen LogP contribution in [0.25, 0.3) is 0 Å². The first-order chi connectivity index (χ1) is 6.11. The van der Waals surface area contributed by atoms with Gasteiger partial charge in [-0.05, 0) is 18.3 Å². The van der Waals surface area contributed by atoms with Crippen molar-refractivity contribution in [3.8, 4) is 0 Å². The molecule has 0 aromatic carbocycles. The summed E-state index contributed by atoms with van der Waals surface area (Å²) >= 11 is 0. The molecule has 0 amide bonds. The first kappa shape index (κ1) is 11.0. The third-order valence-corrected chi connectivity index (χ3v) is 3.18. The lowest BCUT2D eigenvalue weighted by molar-refractivity contribution is -0.0385. The summed E-state index contributed by atoms with van der Waals surface area (Å²) in [4.78, 5) is 0. The van der Waals surface area contributed by atoms with Crippen molar-refractivity contribution in [2.75, 3.05) is 13.7 Å². The minimum absolute atomic E-state index is 0.104. The predicted octanol–water partition coefficient (Wildman–Crippen LogP) is 0.647. The van der Waals surface area contributed by atoms with Gasteiger partial charge in [0.1, 0.15) is 0 Å². The van der Waals surface area contributed by atoms with Crippen molar-refractivity contribution in [1.29, 1.82) is 0 Å². The van der Waals surface area contributed by atoms with Crippen LogP contribution >= 0.6 is 0 Å². The number of aliphatic hydroxyl groups excluding tert-OH is 2. The van der Waals surface area contributed by atoms with Crippen LogP contribution in [0.2, 0.25) is 0 Å². The Morgan fingerprint density at radius 2 is 2.08 bits per heavy atom. The molecular weight excluding hydrogens is 168 g/mol. The number of methoxy groups -OCH3 is 1. The second-order valence-electron chi connectivity index (χ2n) is 4.28. The number of hydrogen-bond donors (Lipinski definition) is 2. The fourth-order valence-corrected chi connectivity index (χ4v) is 2.32. The summed E-state index contributed by atoms with van der Waals surface area (Å²) in [5.41, 5.74) is 0. The molecule has 0 aromatic rings. The van der Waals surface area contributed by atoms with Crippen LogP contribution in [-0.4, -0.2) is 36.1 Å². The Hall–Kier alpha value is -0.120. The van der Waals surface area contributed by atoms with E-state index >= 15 is 0 Å². The van der Waals surface area contributed by atoms with E-state index in [-0.39, 0.29) is 24.5 Å². The smallest absolute Gasteiger partial charge is 0.0883 e. The van der Waals surface area contributed by atoms with Gasteiger partial charge < -0.3 is 14.9 Å². The molecule has 3 heteroatoms. The van der Waals surface area contributed by atoms with Crippen molar-refractivity contribution in [3.05, 3.63) is 0 Å². The molecule has 0 spiro atoms. The normalized spacial score (nSPS) is 40.2. The Labute approximate surface area is 79.7 Å². The van der Waals surface area contributed by atoms with Crippen LogP contribution in [0, 0.1) is 17.8 Å². The lowest BCUT2D eigenvalue weighted by Gasteiger charge is -2.21. The molecule has 0 heterocycles. The van der Waals surface area contributed by atoms with Gasteiger partial charge in [-0.3, -0.25) is 0 Å². The fourth-order valence-electron chi connectivity index (χ4n) is 2.32. The van der Waals surface area contributed by atoms with Gasteiger partial charge in [-0.25, -0.2) is 0 Å². The second-order valence-corrected chi connectivity index (χ2v) is 4.28. The molecule has 1 aliphatic carbocycles. The fraction of sp³-hybridized carbons (Fsp3) is 1.00. The highest BCUT2D eigenvalue weighted by molar-refractivity contribution is 4.92. The number of aliphatic hydroxyl groups is 2. The van der Waals surface area contributed by atoms with Crippen LogP contribution in [0.15, 0.2) is 0 Å². The SMILES string of the molecule is CO[C@@H]1[C@@H](CO)C[C@@H](C(C)C)[C@@H]1O. The number of hydrogen-bond acceptors (Lipinski definition) is 3. The van der Waals surface area contributed by atoms with Gasteiger partial charge in [-0.1, -0.05) is 13.8 Å². The van der Waals surface area contributed by atoms with Crippen molar-refractivity contribution in [2.24, 2.45) is 17.8 Å². The maximum Gasteiger partial charge on any atom is 0.0883 e. The lowest BCUT2D eigenvalue weighted by atomic mass is 9.92. The monoisotopic (exact) mass is 188 g/mol. The topological polar surface area (TPSA) is 49.7 Å². The van der Waals surface area contributed by atoms with Crippen molar-refractivity contribution in [3.63, 3.8) is 0 Å². The minimum atomic E-state index is -0.415. The summed E-state index contributed by atoms with van der Waals surface area (Å²) in [5, 5.41) is 19.0. The molecule has 0 bridgehead atoms. The van der Waals surface area contributed by atoms with Gasteiger partial charge in [0.15, 0.2) is 0 Å². The first-order valence-electron chi connectivity index (χ1n) is 4.93. The molecule has 1 saturated carbocycles. The van der Waals surface area contributed by atoms with Crippen LogP contribution in [-0.2, 0) is 4.74 Å². The molecule has 2 N–H and O–H groups in total. The van der Waals surface area contributed by atoms with E-state index in [1.165, 1.54) is 0 Å². The maximum atomic E-state index is 9.88. The quantitative estimate of drug-likeness (QED) is 0.683. The van der Waals surface area contributed by atoms with Crippen LogP contribution in [0.4, 0.5) is 0 Å². The van der Waals surface area contributed by atoms with Gasteiger partial charge in [0.25, 0.3) is 0 Å². The Bertz CT molecular complexity index is 156. The van der Waals surface area contributed by atoms with E-state index in [1.54, 1.807) is 7.11 Å². The van der Waals surface area contributed by atoms with E-state index in [2.05, 4.69) is 13.8 Å². The number of rotatable bonds is 3. The van der Waals surface area contributed by atoms with E-state index in [9.17, 15) is 5.11 Å². The highest BCUT2D eigenvalue weighted by atomic mass is 16.5. The summed E-state index contributed by atoms with van der Waals surface area (Å²) in [6.45, 7) is 4.31. The molecule has 0 aromatic heterocycles. The molecule has 0 unspecified atom stereocenters. The molecule has 4 atom stereocenters. The van der Waals surface area contributed by atoms with Crippen LogP contribution in [0.5, 0.6) is 0 Å². The van der Waals surface area contributed by atoms with E-state index in [0.717, 1.165) is 6.42 Å². The Morgan fingerprint density at radius 3 is 2.38 bits per heavy atom. The van der Waals surface area contributed by atoms with E-state index < -0.39 is 6.10 Å². The van der Waals surface area contributed by atoms with Gasteiger partial charge >= 0.3 is 0 Å². The standard InChI is InChI=1S/C10H20O3/c1-6(2)8-4-7(5-11)10(13-3)9(8)12/h6-12H,4-5H2,1-3H3/t7-,8+,9+,10-/m1/s1. The van der Waals surface area contributed by atoms with Crippen LogP contribution in [0.3, 0.4) is 0 Å². The molecule has 0 saturated heterocycles.